The minimum atomic E-state index is 0.276. The van der Waals surface area contributed by atoms with Crippen LogP contribution in [0.4, 0.5) is 5.69 Å². The molecule has 0 spiro atoms. The van der Waals surface area contributed by atoms with Crippen molar-refractivity contribution in [2.75, 3.05) is 5.32 Å². The van der Waals surface area contributed by atoms with Crippen LogP contribution in [0.2, 0.25) is 0 Å². The summed E-state index contributed by atoms with van der Waals surface area (Å²) >= 11 is 0. The number of phenols is 1. The highest BCUT2D eigenvalue weighted by Gasteiger charge is 2.10. The first-order valence-electron chi connectivity index (χ1n) is 8.60. The summed E-state index contributed by atoms with van der Waals surface area (Å²) in [6, 6.07) is 21.7. The third-order valence-corrected chi connectivity index (χ3v) is 4.79. The van der Waals surface area contributed by atoms with Crippen LogP contribution in [0.25, 0.3) is 32.7 Å². The maximum absolute atomic E-state index is 9.80. The Balaban J connectivity index is 1.62. The Labute approximate surface area is 150 Å². The molecule has 2 aromatic heterocycles. The predicted octanol–water partition coefficient (Wildman–Crippen LogP) is 5.19. The smallest absolute Gasteiger partial charge is 0.116 e. The van der Waals surface area contributed by atoms with Crippen LogP contribution in [0.5, 0.6) is 5.75 Å². The number of para-hydroxylation sites is 2. The standard InChI is InChI=1S/C22H17N3O/c26-15-9-10-19-18(11-15)14(12-23-19)13-24-22-16-5-1-3-7-20(16)25-21-8-4-2-6-17(21)22/h1-12,23,26H,13H2,(H,24,25). The number of nitrogens with zero attached hydrogens (tertiary/aromatic N) is 1. The SMILES string of the molecule is Oc1ccc2[nH]cc(CNc3c4ccccc4nc4ccccc34)c2c1. The maximum atomic E-state index is 9.80. The van der Waals surface area contributed by atoms with Crippen molar-refractivity contribution in [1.29, 1.82) is 0 Å². The van der Waals surface area contributed by atoms with Gasteiger partial charge in [-0.2, -0.15) is 0 Å². The quantitative estimate of drug-likeness (QED) is 0.397. The first-order chi connectivity index (χ1) is 12.8. The van der Waals surface area contributed by atoms with Crippen LogP contribution >= 0.6 is 0 Å². The van der Waals surface area contributed by atoms with Crippen molar-refractivity contribution < 1.29 is 5.11 Å². The van der Waals surface area contributed by atoms with Gasteiger partial charge in [0.1, 0.15) is 5.75 Å². The first-order valence-corrected chi connectivity index (χ1v) is 8.60. The number of aromatic amines is 1. The Morgan fingerprint density at radius 1 is 0.846 bits per heavy atom. The third kappa shape index (κ3) is 2.35. The van der Waals surface area contributed by atoms with Crippen LogP contribution in [0, 0.1) is 0 Å². The van der Waals surface area contributed by atoms with Gasteiger partial charge in [0.25, 0.3) is 0 Å². The molecule has 0 atom stereocenters. The monoisotopic (exact) mass is 339 g/mol. The van der Waals surface area contributed by atoms with Gasteiger partial charge in [-0.05, 0) is 35.9 Å². The van der Waals surface area contributed by atoms with Crippen LogP contribution in [-0.4, -0.2) is 15.1 Å². The molecule has 3 aromatic carbocycles. The summed E-state index contributed by atoms with van der Waals surface area (Å²) in [4.78, 5) is 8.03. The van der Waals surface area contributed by atoms with Crippen LogP contribution < -0.4 is 5.32 Å². The zero-order chi connectivity index (χ0) is 17.5. The summed E-state index contributed by atoms with van der Waals surface area (Å²) in [5.41, 5.74) is 5.17. The second kappa shape index (κ2) is 5.77. The largest absolute Gasteiger partial charge is 0.508 e. The number of aromatic nitrogens is 2. The van der Waals surface area contributed by atoms with Gasteiger partial charge in [-0.25, -0.2) is 4.98 Å². The van der Waals surface area contributed by atoms with Crippen molar-refractivity contribution in [3.05, 3.63) is 78.5 Å². The van der Waals surface area contributed by atoms with Gasteiger partial charge in [0, 0.05) is 34.4 Å². The number of phenolic OH excluding ortho intramolecular Hbond substituents is 1. The molecule has 0 fully saturated rings. The summed E-state index contributed by atoms with van der Waals surface area (Å²) < 4.78 is 0. The lowest BCUT2D eigenvalue weighted by atomic mass is 10.1. The molecule has 0 radical (unpaired) electrons. The van der Waals surface area contributed by atoms with E-state index in [-0.39, 0.29) is 5.75 Å². The van der Waals surface area contributed by atoms with E-state index in [9.17, 15) is 5.11 Å². The average molecular weight is 339 g/mol. The van der Waals surface area contributed by atoms with E-state index in [1.807, 2.05) is 48.7 Å². The fourth-order valence-electron chi connectivity index (χ4n) is 3.53. The van der Waals surface area contributed by atoms with Gasteiger partial charge in [-0.1, -0.05) is 36.4 Å². The van der Waals surface area contributed by atoms with E-state index in [1.54, 1.807) is 12.1 Å². The number of pyridine rings is 1. The summed E-state index contributed by atoms with van der Waals surface area (Å²) in [7, 11) is 0. The first kappa shape index (κ1) is 14.8. The van der Waals surface area contributed by atoms with E-state index in [4.69, 9.17) is 4.98 Å². The molecule has 2 heterocycles. The van der Waals surface area contributed by atoms with Crippen molar-refractivity contribution in [2.45, 2.75) is 6.54 Å². The second-order valence-corrected chi connectivity index (χ2v) is 6.42. The molecule has 0 aliphatic heterocycles. The Morgan fingerprint density at radius 2 is 1.54 bits per heavy atom. The Hall–Kier alpha value is -3.53. The number of hydrogen-bond acceptors (Lipinski definition) is 3. The van der Waals surface area contributed by atoms with Gasteiger partial charge >= 0.3 is 0 Å². The third-order valence-electron chi connectivity index (χ3n) is 4.79. The lowest BCUT2D eigenvalue weighted by Gasteiger charge is -2.13. The average Bonchev–Trinajstić information content (AvgIpc) is 3.07. The number of hydrogen-bond donors (Lipinski definition) is 3. The minimum Gasteiger partial charge on any atom is -0.508 e. The number of aromatic hydroxyl groups is 1. The van der Waals surface area contributed by atoms with E-state index in [2.05, 4.69) is 22.4 Å². The number of nitrogens with one attached hydrogen (secondary N) is 2. The molecule has 4 nitrogen and oxygen atoms in total. The van der Waals surface area contributed by atoms with Crippen LogP contribution in [0.15, 0.2) is 72.9 Å². The zero-order valence-electron chi connectivity index (χ0n) is 14.0. The molecule has 0 amide bonds. The highest BCUT2D eigenvalue weighted by molar-refractivity contribution is 6.07. The van der Waals surface area contributed by atoms with Crippen molar-refractivity contribution in [3.8, 4) is 5.75 Å². The second-order valence-electron chi connectivity index (χ2n) is 6.42. The van der Waals surface area contributed by atoms with E-state index >= 15 is 0 Å². The molecule has 4 heteroatoms. The predicted molar refractivity (Wildman–Crippen MR) is 107 cm³/mol. The molecule has 0 saturated carbocycles. The van der Waals surface area contributed by atoms with Gasteiger partial charge in [0.2, 0.25) is 0 Å². The molecule has 5 aromatic rings. The summed E-state index contributed by atoms with van der Waals surface area (Å²) in [6.45, 7) is 0.654. The molecular formula is C22H17N3O. The molecule has 0 bridgehead atoms. The topological polar surface area (TPSA) is 60.9 Å². The molecule has 0 unspecified atom stereocenters. The molecule has 3 N–H and O–H groups in total. The maximum Gasteiger partial charge on any atom is 0.116 e. The Bertz CT molecular complexity index is 1200. The summed E-state index contributed by atoms with van der Waals surface area (Å²) in [5.74, 6) is 0.276. The van der Waals surface area contributed by atoms with Gasteiger partial charge in [0.05, 0.1) is 16.7 Å². The van der Waals surface area contributed by atoms with E-state index in [1.165, 1.54) is 0 Å². The number of rotatable bonds is 3. The number of benzene rings is 3. The lowest BCUT2D eigenvalue weighted by Crippen LogP contribution is -2.01. The highest BCUT2D eigenvalue weighted by atomic mass is 16.3. The van der Waals surface area contributed by atoms with Gasteiger partial charge in [-0.15, -0.1) is 0 Å². The summed E-state index contributed by atoms with van der Waals surface area (Å²) in [6.07, 6.45) is 1.99. The van der Waals surface area contributed by atoms with Crippen molar-refractivity contribution in [2.24, 2.45) is 0 Å². The minimum absolute atomic E-state index is 0.276. The van der Waals surface area contributed by atoms with Gasteiger partial charge < -0.3 is 15.4 Å². The number of anilines is 1. The van der Waals surface area contributed by atoms with E-state index in [0.717, 1.165) is 44.0 Å². The van der Waals surface area contributed by atoms with Gasteiger partial charge in [-0.3, -0.25) is 0 Å². The molecule has 0 saturated heterocycles. The molecule has 26 heavy (non-hydrogen) atoms. The van der Waals surface area contributed by atoms with Crippen molar-refractivity contribution in [1.82, 2.24) is 9.97 Å². The normalized spacial score (nSPS) is 11.4. The van der Waals surface area contributed by atoms with E-state index in [0.29, 0.717) is 6.54 Å². The van der Waals surface area contributed by atoms with E-state index < -0.39 is 0 Å². The van der Waals surface area contributed by atoms with Crippen molar-refractivity contribution >= 4 is 38.4 Å². The van der Waals surface area contributed by atoms with Crippen LogP contribution in [0.1, 0.15) is 5.56 Å². The molecule has 0 aliphatic rings. The van der Waals surface area contributed by atoms with Gasteiger partial charge in [0.15, 0.2) is 0 Å². The number of H-pyrrole nitrogens is 1. The fraction of sp³-hybridized carbons (Fsp3) is 0.0455. The number of fused-ring (bicyclic) bond motifs is 3. The fourth-order valence-corrected chi connectivity index (χ4v) is 3.53. The Morgan fingerprint density at radius 3 is 2.27 bits per heavy atom. The molecule has 126 valence electrons. The van der Waals surface area contributed by atoms with Crippen LogP contribution in [-0.2, 0) is 6.54 Å². The Kier molecular flexibility index (Phi) is 3.28. The van der Waals surface area contributed by atoms with Crippen molar-refractivity contribution in [3.63, 3.8) is 0 Å². The summed E-state index contributed by atoms with van der Waals surface area (Å²) in [5, 5.41) is 16.6. The molecule has 5 rings (SSSR count). The highest BCUT2D eigenvalue weighted by Crippen LogP contribution is 2.31. The molecular weight excluding hydrogens is 322 g/mol. The van der Waals surface area contributed by atoms with Crippen LogP contribution in [0.3, 0.4) is 0 Å². The zero-order valence-corrected chi connectivity index (χ0v) is 14.0. The lowest BCUT2D eigenvalue weighted by molar-refractivity contribution is 0.476. The molecule has 0 aliphatic carbocycles.